The van der Waals surface area contributed by atoms with Gasteiger partial charge in [0.25, 0.3) is 0 Å². The van der Waals surface area contributed by atoms with Gasteiger partial charge >= 0.3 is 218 Å². The molecule has 2 aromatic rings. The summed E-state index contributed by atoms with van der Waals surface area (Å²) in [4.78, 5) is 0. The molecule has 0 radical (unpaired) electrons. The Hall–Kier alpha value is -0.400. The van der Waals surface area contributed by atoms with E-state index in [-0.39, 0.29) is 7.25 Å². The molecule has 0 nitrogen and oxygen atoms in total. The van der Waals surface area contributed by atoms with Crippen LogP contribution in [0.5, 0.6) is 0 Å². The van der Waals surface area contributed by atoms with E-state index in [4.69, 9.17) is 17.0 Å². The van der Waals surface area contributed by atoms with Gasteiger partial charge in [0.15, 0.2) is 0 Å². The van der Waals surface area contributed by atoms with Gasteiger partial charge in [0.2, 0.25) is 0 Å². The van der Waals surface area contributed by atoms with Crippen molar-refractivity contribution in [3.63, 3.8) is 0 Å². The summed E-state index contributed by atoms with van der Waals surface area (Å²) in [5, 5.41) is 0. The average molecular weight is 592 g/mol. The number of halogens is 2. The van der Waals surface area contributed by atoms with Crippen LogP contribution in [0.15, 0.2) is 47.5 Å². The van der Waals surface area contributed by atoms with E-state index in [9.17, 15) is 0 Å². The Morgan fingerprint density at radius 3 is 1.41 bits per heavy atom. The minimum absolute atomic E-state index is 0.212. The van der Waals surface area contributed by atoms with Crippen LogP contribution >= 0.6 is 17.0 Å². The summed E-state index contributed by atoms with van der Waals surface area (Å²) < 4.78 is 0.424. The van der Waals surface area contributed by atoms with Gasteiger partial charge in [-0.15, -0.1) is 0 Å². The summed E-state index contributed by atoms with van der Waals surface area (Å²) in [5.74, 6) is -0.498. The van der Waals surface area contributed by atoms with Crippen molar-refractivity contribution in [1.82, 2.24) is 0 Å². The van der Waals surface area contributed by atoms with Crippen molar-refractivity contribution in [3.8, 4) is 0 Å². The SMILES string of the molecule is CCC1=Cc2c(C(C)C)cccc2[CH]1[Zr]([Cl])([Cl])([CH]1C(CC)=Cc2c(C(C)C)cccc21)[SiH](C)C. The first kappa shape index (κ1) is 26.7. The zero-order valence-electron chi connectivity index (χ0n) is 22.2. The normalized spacial score (nSPS) is 20.9. The Morgan fingerprint density at radius 2 is 1.12 bits per heavy atom. The number of hydrogen-bond donors (Lipinski definition) is 0. The molecule has 0 bridgehead atoms. The maximum absolute atomic E-state index is 8.36. The molecule has 2 aromatic carbocycles. The van der Waals surface area contributed by atoms with E-state index in [0.29, 0.717) is 11.8 Å². The van der Waals surface area contributed by atoms with E-state index < -0.39 is 21.5 Å². The quantitative estimate of drug-likeness (QED) is 0.281. The van der Waals surface area contributed by atoms with Crippen molar-refractivity contribution in [1.29, 1.82) is 0 Å². The summed E-state index contributed by atoms with van der Waals surface area (Å²) in [6.45, 7) is 18.7. The van der Waals surface area contributed by atoms with E-state index in [1.165, 1.54) is 44.5 Å². The van der Waals surface area contributed by atoms with Crippen molar-refractivity contribution >= 4 is 35.1 Å². The van der Waals surface area contributed by atoms with Crippen LogP contribution in [0, 0.1) is 0 Å². The topological polar surface area (TPSA) is 0 Å². The molecule has 4 heteroatoms. The Balaban J connectivity index is 2.03. The van der Waals surface area contributed by atoms with Crippen molar-refractivity contribution in [3.05, 3.63) is 80.9 Å². The number of rotatable bonds is 7. The Labute approximate surface area is 216 Å². The van der Waals surface area contributed by atoms with Crippen LogP contribution in [0.2, 0.25) is 13.1 Å². The fraction of sp³-hybridized carbons (Fsp3) is 0.467. The zero-order chi connectivity index (χ0) is 25.0. The van der Waals surface area contributed by atoms with Gasteiger partial charge in [-0.3, -0.25) is 0 Å². The third kappa shape index (κ3) is 3.86. The Morgan fingerprint density at radius 1 is 0.735 bits per heavy atom. The average Bonchev–Trinajstić information content (AvgIpc) is 3.37. The van der Waals surface area contributed by atoms with Crippen LogP contribution < -0.4 is 0 Å². The third-order valence-corrected chi connectivity index (χ3v) is 60.5. The molecule has 0 spiro atoms. The van der Waals surface area contributed by atoms with Crippen molar-refractivity contribution in [2.24, 2.45) is 0 Å². The van der Waals surface area contributed by atoms with Gasteiger partial charge in [0, 0.05) is 0 Å². The predicted octanol–water partition coefficient (Wildman–Crippen LogP) is 10.3. The molecule has 0 saturated heterocycles. The third-order valence-electron chi connectivity index (χ3n) is 8.64. The first-order valence-corrected chi connectivity index (χ1v) is 29.5. The molecular weight excluding hydrogens is 551 g/mol. The zero-order valence-corrected chi connectivity index (χ0v) is 27.3. The second-order valence-electron chi connectivity index (χ2n) is 11.4. The molecular formula is C30H41Cl2SiZr. The summed E-state index contributed by atoms with van der Waals surface area (Å²) >= 11 is -4.54. The molecule has 2 atom stereocenters. The molecule has 2 aliphatic carbocycles. The standard InChI is InChI=1S/2C14H17.C2H7Si.2ClH.Zr/c2*1-4-11-8-12-6-5-7-13(10(2)3)14(12)9-11;1-3-2;;;/h2*5-10H,4H2,1-3H3;3H,1-2H3;2*1H;/q;;;;;+2/p-2. The predicted molar refractivity (Wildman–Crippen MR) is 154 cm³/mol. The molecule has 0 aliphatic heterocycles. The second kappa shape index (κ2) is 9.48. The molecule has 183 valence electrons. The van der Waals surface area contributed by atoms with Gasteiger partial charge in [-0.25, -0.2) is 0 Å². The Kier molecular flexibility index (Phi) is 7.43. The molecule has 0 N–H and O–H groups in total. The van der Waals surface area contributed by atoms with E-state index in [0.717, 1.165) is 12.8 Å². The molecule has 0 aromatic heterocycles. The number of benzene rings is 2. The number of allylic oxidation sites excluding steroid dienone is 2. The van der Waals surface area contributed by atoms with Crippen molar-refractivity contribution in [2.45, 2.75) is 86.6 Å². The van der Waals surface area contributed by atoms with Gasteiger partial charge < -0.3 is 0 Å². The van der Waals surface area contributed by atoms with Gasteiger partial charge in [-0.2, -0.15) is 0 Å². The summed E-state index contributed by atoms with van der Waals surface area (Å²) in [7, 11) is 16.7. The fourth-order valence-corrected chi connectivity index (χ4v) is 38.5. The van der Waals surface area contributed by atoms with E-state index in [2.05, 4.69) is 103 Å². The monoisotopic (exact) mass is 589 g/mol. The number of hydrogen-bond acceptors (Lipinski definition) is 0. The van der Waals surface area contributed by atoms with Crippen LogP contribution in [0.4, 0.5) is 0 Å². The molecule has 0 heterocycles. The van der Waals surface area contributed by atoms with E-state index in [1.54, 1.807) is 0 Å². The summed E-state index contributed by atoms with van der Waals surface area (Å²) in [6, 6.07) is 13.8. The van der Waals surface area contributed by atoms with Crippen LogP contribution in [0.3, 0.4) is 0 Å². The van der Waals surface area contributed by atoms with Gasteiger partial charge in [-0.1, -0.05) is 0 Å². The maximum atomic E-state index is 8.36. The van der Waals surface area contributed by atoms with Crippen LogP contribution in [0.1, 0.15) is 107 Å². The molecule has 2 aliphatic rings. The molecule has 4 rings (SSSR count). The van der Waals surface area contributed by atoms with Crippen molar-refractivity contribution < 1.29 is 15.6 Å². The fourth-order valence-electron chi connectivity index (χ4n) is 6.73. The Bertz CT molecular complexity index is 1090. The molecule has 2 unspecified atom stereocenters. The van der Waals surface area contributed by atoms with Gasteiger partial charge in [0.05, 0.1) is 0 Å². The van der Waals surface area contributed by atoms with Crippen LogP contribution in [-0.4, -0.2) is 5.92 Å². The van der Waals surface area contributed by atoms with Crippen LogP contribution in [0.25, 0.3) is 12.2 Å². The second-order valence-corrected chi connectivity index (χ2v) is 53.9. The van der Waals surface area contributed by atoms with E-state index in [1.807, 2.05) is 0 Å². The van der Waals surface area contributed by atoms with Gasteiger partial charge in [-0.05, 0) is 0 Å². The number of fused-ring (bicyclic) bond motifs is 2. The van der Waals surface area contributed by atoms with Crippen molar-refractivity contribution in [2.75, 3.05) is 0 Å². The molecule has 34 heavy (non-hydrogen) atoms. The molecule has 0 saturated carbocycles. The summed E-state index contributed by atoms with van der Waals surface area (Å²) in [6.07, 6.45) is 6.97. The van der Waals surface area contributed by atoms with Gasteiger partial charge in [0.1, 0.15) is 0 Å². The first-order valence-electron chi connectivity index (χ1n) is 13.2. The molecule has 0 fully saturated rings. The summed E-state index contributed by atoms with van der Waals surface area (Å²) in [5.41, 5.74) is 11.5. The minimum atomic E-state index is -4.54. The molecule has 0 amide bonds. The van der Waals surface area contributed by atoms with Crippen LogP contribution in [-0.2, 0) is 15.6 Å². The first-order chi connectivity index (χ1) is 16.0. The van der Waals surface area contributed by atoms with E-state index >= 15 is 0 Å².